The van der Waals surface area contributed by atoms with Crippen LogP contribution < -0.4 is 0 Å². The maximum absolute atomic E-state index is 12.6. The molecule has 1 aliphatic rings. The van der Waals surface area contributed by atoms with Gasteiger partial charge in [-0.1, -0.05) is 43.8 Å². The van der Waals surface area contributed by atoms with E-state index in [0.29, 0.717) is 5.56 Å². The highest BCUT2D eigenvalue weighted by molar-refractivity contribution is 5.99. The van der Waals surface area contributed by atoms with Gasteiger partial charge in [-0.25, -0.2) is 4.79 Å². The molecular formula is C20H22O2. The molecule has 1 saturated carbocycles. The molecule has 1 aliphatic carbocycles. The number of carbonyl (C=O) groups is 1. The molecule has 0 aromatic heterocycles. The zero-order valence-electron chi connectivity index (χ0n) is 13.1. The van der Waals surface area contributed by atoms with E-state index in [0.717, 1.165) is 48.4 Å². The number of benzene rings is 2. The normalized spacial score (nSPS) is 16.6. The van der Waals surface area contributed by atoms with E-state index in [2.05, 4.69) is 13.5 Å². The minimum absolute atomic E-state index is 0.211. The van der Waals surface area contributed by atoms with Gasteiger partial charge < -0.3 is 4.74 Å². The zero-order chi connectivity index (χ0) is 15.6. The molecule has 0 bridgehead atoms. The standard InChI is InChI=1S/C20H22O2/c1-3-15-13-17(14-16-9-5-6-10-18(15)16)19(21)22-20(4-2)11-7-8-12-20/h3,5-6,9-10,13-14H,1,4,7-8,11-12H2,2H3. The summed E-state index contributed by atoms with van der Waals surface area (Å²) >= 11 is 0. The van der Waals surface area contributed by atoms with E-state index in [1.54, 1.807) is 6.08 Å². The predicted octanol–water partition coefficient (Wildman–Crippen LogP) is 5.36. The molecular weight excluding hydrogens is 272 g/mol. The fourth-order valence-electron chi connectivity index (χ4n) is 3.43. The van der Waals surface area contributed by atoms with Crippen molar-refractivity contribution in [1.82, 2.24) is 0 Å². The molecule has 2 aromatic carbocycles. The summed E-state index contributed by atoms with van der Waals surface area (Å²) in [5.41, 5.74) is 1.34. The second-order valence-corrected chi connectivity index (χ2v) is 6.12. The summed E-state index contributed by atoms with van der Waals surface area (Å²) in [6, 6.07) is 11.8. The Hall–Kier alpha value is -2.09. The van der Waals surface area contributed by atoms with Gasteiger partial charge in [-0.15, -0.1) is 0 Å². The van der Waals surface area contributed by atoms with Crippen molar-refractivity contribution < 1.29 is 9.53 Å². The molecule has 2 heteroatoms. The second kappa shape index (κ2) is 5.96. The van der Waals surface area contributed by atoms with Crippen molar-refractivity contribution in [2.24, 2.45) is 0 Å². The van der Waals surface area contributed by atoms with Gasteiger partial charge in [0.25, 0.3) is 0 Å². The van der Waals surface area contributed by atoms with E-state index in [9.17, 15) is 4.79 Å². The summed E-state index contributed by atoms with van der Waals surface area (Å²) in [6.07, 6.45) is 6.95. The molecule has 0 saturated heterocycles. The Bertz CT molecular complexity index is 709. The van der Waals surface area contributed by atoms with Crippen LogP contribution >= 0.6 is 0 Å². The van der Waals surface area contributed by atoms with Gasteiger partial charge in [-0.05, 0) is 60.6 Å². The van der Waals surface area contributed by atoms with Crippen molar-refractivity contribution in [3.05, 3.63) is 54.1 Å². The third kappa shape index (κ3) is 2.66. The Morgan fingerprint density at radius 1 is 1.27 bits per heavy atom. The monoisotopic (exact) mass is 294 g/mol. The van der Waals surface area contributed by atoms with Crippen LogP contribution in [-0.2, 0) is 4.74 Å². The third-order valence-corrected chi connectivity index (χ3v) is 4.82. The van der Waals surface area contributed by atoms with E-state index in [-0.39, 0.29) is 11.6 Å². The minimum atomic E-state index is -0.253. The maximum atomic E-state index is 12.6. The first-order valence-corrected chi connectivity index (χ1v) is 8.06. The number of fused-ring (bicyclic) bond motifs is 1. The first kappa shape index (κ1) is 14.8. The Morgan fingerprint density at radius 3 is 2.68 bits per heavy atom. The fraction of sp³-hybridized carbons (Fsp3) is 0.350. The van der Waals surface area contributed by atoms with E-state index < -0.39 is 0 Å². The van der Waals surface area contributed by atoms with Crippen LogP contribution in [0.4, 0.5) is 0 Å². The lowest BCUT2D eigenvalue weighted by Gasteiger charge is -2.27. The van der Waals surface area contributed by atoms with Crippen LogP contribution in [0.25, 0.3) is 16.8 Å². The summed E-state index contributed by atoms with van der Waals surface area (Å²) in [7, 11) is 0. The van der Waals surface area contributed by atoms with Crippen LogP contribution in [0.15, 0.2) is 43.0 Å². The summed E-state index contributed by atoms with van der Waals surface area (Å²) < 4.78 is 5.91. The highest BCUT2D eigenvalue weighted by Gasteiger charge is 2.36. The van der Waals surface area contributed by atoms with Gasteiger partial charge >= 0.3 is 5.97 Å². The highest BCUT2D eigenvalue weighted by atomic mass is 16.6. The molecule has 22 heavy (non-hydrogen) atoms. The topological polar surface area (TPSA) is 26.3 Å². The van der Waals surface area contributed by atoms with E-state index in [4.69, 9.17) is 4.74 Å². The molecule has 114 valence electrons. The van der Waals surface area contributed by atoms with Crippen LogP contribution in [0.3, 0.4) is 0 Å². The molecule has 0 unspecified atom stereocenters. The number of hydrogen-bond donors (Lipinski definition) is 0. The van der Waals surface area contributed by atoms with Crippen LogP contribution in [0, 0.1) is 0 Å². The Morgan fingerprint density at radius 2 is 2.00 bits per heavy atom. The lowest BCUT2D eigenvalue weighted by Crippen LogP contribution is -2.31. The van der Waals surface area contributed by atoms with Crippen molar-refractivity contribution in [1.29, 1.82) is 0 Å². The Kier molecular flexibility index (Phi) is 4.02. The number of esters is 1. The van der Waals surface area contributed by atoms with E-state index >= 15 is 0 Å². The lowest BCUT2D eigenvalue weighted by molar-refractivity contribution is -0.0172. The van der Waals surface area contributed by atoms with Gasteiger partial charge in [-0.3, -0.25) is 0 Å². The summed E-state index contributed by atoms with van der Waals surface area (Å²) in [5, 5.41) is 2.16. The molecule has 2 aromatic rings. The summed E-state index contributed by atoms with van der Waals surface area (Å²) in [6.45, 7) is 5.97. The molecule has 2 nitrogen and oxygen atoms in total. The second-order valence-electron chi connectivity index (χ2n) is 6.12. The summed E-state index contributed by atoms with van der Waals surface area (Å²) in [5.74, 6) is -0.211. The predicted molar refractivity (Wildman–Crippen MR) is 90.9 cm³/mol. The average molecular weight is 294 g/mol. The molecule has 0 radical (unpaired) electrons. The SMILES string of the molecule is C=Cc1cc(C(=O)OC2(CC)CCCC2)cc2ccccc12. The van der Waals surface area contributed by atoms with Gasteiger partial charge in [0, 0.05) is 0 Å². The van der Waals surface area contributed by atoms with Gasteiger partial charge in [0.05, 0.1) is 5.56 Å². The molecule has 1 fully saturated rings. The molecule has 0 amide bonds. The first-order valence-electron chi connectivity index (χ1n) is 8.06. The Labute approximate surface area is 131 Å². The molecule has 0 N–H and O–H groups in total. The quantitative estimate of drug-likeness (QED) is 0.709. The molecule has 0 aliphatic heterocycles. The number of rotatable bonds is 4. The highest BCUT2D eigenvalue weighted by Crippen LogP contribution is 2.37. The van der Waals surface area contributed by atoms with E-state index in [1.165, 1.54) is 0 Å². The van der Waals surface area contributed by atoms with Crippen LogP contribution in [-0.4, -0.2) is 11.6 Å². The molecule has 3 rings (SSSR count). The van der Waals surface area contributed by atoms with Crippen molar-refractivity contribution in [2.45, 2.75) is 44.6 Å². The largest absolute Gasteiger partial charge is 0.455 e. The average Bonchev–Trinajstić information content (AvgIpc) is 3.02. The van der Waals surface area contributed by atoms with Crippen molar-refractivity contribution >= 4 is 22.8 Å². The smallest absolute Gasteiger partial charge is 0.338 e. The van der Waals surface area contributed by atoms with Crippen molar-refractivity contribution in [2.75, 3.05) is 0 Å². The van der Waals surface area contributed by atoms with Crippen LogP contribution in [0.1, 0.15) is 54.9 Å². The number of ether oxygens (including phenoxy) is 1. The molecule has 0 spiro atoms. The third-order valence-electron chi connectivity index (χ3n) is 4.82. The molecule has 0 heterocycles. The number of hydrogen-bond acceptors (Lipinski definition) is 2. The minimum Gasteiger partial charge on any atom is -0.455 e. The van der Waals surface area contributed by atoms with Crippen LogP contribution in [0.5, 0.6) is 0 Å². The van der Waals surface area contributed by atoms with E-state index in [1.807, 2.05) is 36.4 Å². The summed E-state index contributed by atoms with van der Waals surface area (Å²) in [4.78, 5) is 12.6. The maximum Gasteiger partial charge on any atom is 0.338 e. The number of carbonyl (C=O) groups excluding carboxylic acids is 1. The van der Waals surface area contributed by atoms with Gasteiger partial charge in [0.1, 0.15) is 5.60 Å². The van der Waals surface area contributed by atoms with Gasteiger partial charge in [-0.2, -0.15) is 0 Å². The van der Waals surface area contributed by atoms with Gasteiger partial charge in [0.15, 0.2) is 0 Å². The fourth-order valence-corrected chi connectivity index (χ4v) is 3.43. The molecule has 0 atom stereocenters. The van der Waals surface area contributed by atoms with Crippen molar-refractivity contribution in [3.8, 4) is 0 Å². The zero-order valence-corrected chi connectivity index (χ0v) is 13.1. The van der Waals surface area contributed by atoms with Crippen LogP contribution in [0.2, 0.25) is 0 Å². The van der Waals surface area contributed by atoms with Gasteiger partial charge in [0.2, 0.25) is 0 Å². The Balaban J connectivity index is 1.95. The van der Waals surface area contributed by atoms with Crippen molar-refractivity contribution in [3.63, 3.8) is 0 Å². The lowest BCUT2D eigenvalue weighted by atomic mass is 9.98. The first-order chi connectivity index (χ1) is 10.7.